The van der Waals surface area contributed by atoms with Crippen molar-refractivity contribution < 1.29 is 13.2 Å². The molecule has 1 atom stereocenters. The van der Waals surface area contributed by atoms with Crippen LogP contribution in [-0.4, -0.2) is 31.7 Å². The molecule has 5 nitrogen and oxygen atoms in total. The number of aryl methyl sites for hydroxylation is 3. The number of piperidine rings is 1. The monoisotopic (exact) mass is 454 g/mol. The second-order valence-corrected chi connectivity index (χ2v) is 10.2. The number of carbonyl (C=O) groups is 1. The van der Waals surface area contributed by atoms with E-state index in [0.29, 0.717) is 40.0 Å². The molecule has 2 aromatic rings. The average molecular weight is 455 g/mol. The molecule has 3 rings (SSSR count). The maximum atomic E-state index is 13.3. The zero-order valence-electron chi connectivity index (χ0n) is 16.6. The first-order chi connectivity index (χ1) is 13.6. The molecule has 1 saturated heterocycles. The number of hydrogen-bond acceptors (Lipinski definition) is 3. The topological polar surface area (TPSA) is 66.5 Å². The van der Waals surface area contributed by atoms with E-state index in [2.05, 4.69) is 5.32 Å². The largest absolute Gasteiger partial charge is 0.326 e. The number of anilines is 1. The van der Waals surface area contributed by atoms with Gasteiger partial charge in [-0.3, -0.25) is 4.79 Å². The van der Waals surface area contributed by atoms with Crippen LogP contribution >= 0.6 is 23.2 Å². The predicted molar refractivity (Wildman–Crippen MR) is 117 cm³/mol. The quantitative estimate of drug-likeness (QED) is 0.709. The van der Waals surface area contributed by atoms with Crippen LogP contribution in [0.15, 0.2) is 35.2 Å². The third kappa shape index (κ3) is 4.77. The zero-order valence-corrected chi connectivity index (χ0v) is 19.0. The van der Waals surface area contributed by atoms with E-state index in [0.717, 1.165) is 16.7 Å². The highest BCUT2D eigenvalue weighted by molar-refractivity contribution is 7.89. The third-order valence-corrected chi connectivity index (χ3v) is 8.05. The lowest BCUT2D eigenvalue weighted by Gasteiger charge is -2.32. The second kappa shape index (κ2) is 8.64. The Bertz CT molecular complexity index is 1030. The first kappa shape index (κ1) is 22.1. The Hall–Kier alpha value is -1.60. The van der Waals surface area contributed by atoms with E-state index in [4.69, 9.17) is 23.2 Å². The van der Waals surface area contributed by atoms with Crippen LogP contribution in [0.2, 0.25) is 10.0 Å². The highest BCUT2D eigenvalue weighted by atomic mass is 35.5. The maximum absolute atomic E-state index is 13.3. The van der Waals surface area contributed by atoms with Gasteiger partial charge in [-0.05, 0) is 62.9 Å². The van der Waals surface area contributed by atoms with Crippen molar-refractivity contribution in [3.63, 3.8) is 0 Å². The highest BCUT2D eigenvalue weighted by Gasteiger charge is 2.34. The fraction of sp³-hybridized carbons (Fsp3) is 0.381. The second-order valence-electron chi connectivity index (χ2n) is 7.55. The molecule has 1 amide bonds. The normalized spacial score (nSPS) is 17.9. The van der Waals surface area contributed by atoms with Crippen LogP contribution in [0.25, 0.3) is 0 Å². The molecule has 1 fully saturated rings. The number of nitrogens with one attached hydrogen (secondary N) is 1. The summed E-state index contributed by atoms with van der Waals surface area (Å²) >= 11 is 11.9. The maximum Gasteiger partial charge on any atom is 0.243 e. The van der Waals surface area contributed by atoms with E-state index in [1.807, 2.05) is 32.9 Å². The van der Waals surface area contributed by atoms with Gasteiger partial charge in [0.05, 0.1) is 20.9 Å². The van der Waals surface area contributed by atoms with E-state index >= 15 is 0 Å². The molecular weight excluding hydrogens is 431 g/mol. The lowest BCUT2D eigenvalue weighted by Crippen LogP contribution is -2.44. The van der Waals surface area contributed by atoms with Crippen LogP contribution in [0.1, 0.15) is 29.5 Å². The van der Waals surface area contributed by atoms with E-state index in [1.165, 1.54) is 4.31 Å². The van der Waals surface area contributed by atoms with E-state index in [9.17, 15) is 13.2 Å². The van der Waals surface area contributed by atoms with Crippen molar-refractivity contribution in [2.24, 2.45) is 5.92 Å². The average Bonchev–Trinajstić information content (AvgIpc) is 2.63. The van der Waals surface area contributed by atoms with Crippen LogP contribution in [0.5, 0.6) is 0 Å². The minimum atomic E-state index is -3.68. The Kier molecular flexibility index (Phi) is 6.58. The molecule has 156 valence electrons. The van der Waals surface area contributed by atoms with Gasteiger partial charge in [0, 0.05) is 18.8 Å². The molecule has 1 heterocycles. The Morgan fingerprint density at radius 3 is 2.34 bits per heavy atom. The molecule has 0 saturated carbocycles. The Morgan fingerprint density at radius 2 is 1.72 bits per heavy atom. The summed E-state index contributed by atoms with van der Waals surface area (Å²) in [5.74, 6) is -0.653. The molecule has 0 radical (unpaired) electrons. The number of hydrogen-bond donors (Lipinski definition) is 1. The van der Waals surface area contributed by atoms with Gasteiger partial charge in [0.1, 0.15) is 0 Å². The Balaban J connectivity index is 1.79. The lowest BCUT2D eigenvalue weighted by molar-refractivity contribution is -0.120. The smallest absolute Gasteiger partial charge is 0.243 e. The highest BCUT2D eigenvalue weighted by Crippen LogP contribution is 2.30. The number of rotatable bonds is 4. The minimum absolute atomic E-state index is 0.155. The van der Waals surface area contributed by atoms with Gasteiger partial charge >= 0.3 is 0 Å². The molecule has 1 aliphatic rings. The van der Waals surface area contributed by atoms with Crippen molar-refractivity contribution >= 4 is 44.8 Å². The van der Waals surface area contributed by atoms with Gasteiger partial charge in [0.15, 0.2) is 0 Å². The van der Waals surface area contributed by atoms with Gasteiger partial charge in [-0.2, -0.15) is 4.31 Å². The minimum Gasteiger partial charge on any atom is -0.326 e. The Labute approximate surface area is 182 Å². The van der Waals surface area contributed by atoms with Crippen LogP contribution < -0.4 is 5.32 Å². The number of halogens is 2. The van der Waals surface area contributed by atoms with Gasteiger partial charge in [0.2, 0.25) is 15.9 Å². The molecular formula is C21H24Cl2N2O3S. The summed E-state index contributed by atoms with van der Waals surface area (Å²) in [6.45, 7) is 6.13. The van der Waals surface area contributed by atoms with Crippen molar-refractivity contribution in [1.82, 2.24) is 4.31 Å². The van der Waals surface area contributed by atoms with Crippen molar-refractivity contribution in [2.75, 3.05) is 18.4 Å². The summed E-state index contributed by atoms with van der Waals surface area (Å²) in [6.07, 6.45) is 1.26. The van der Waals surface area contributed by atoms with Gasteiger partial charge in [0.25, 0.3) is 0 Å². The van der Waals surface area contributed by atoms with Crippen LogP contribution in [-0.2, 0) is 14.8 Å². The SMILES string of the molecule is Cc1cc(C)c(S(=O)(=O)N2CCCC(C(=O)Nc3ccc(Cl)c(Cl)c3)C2)c(C)c1. The molecule has 8 heteroatoms. The predicted octanol–water partition coefficient (Wildman–Crippen LogP) is 4.96. The molecule has 29 heavy (non-hydrogen) atoms. The third-order valence-electron chi connectivity index (χ3n) is 5.14. The van der Waals surface area contributed by atoms with E-state index in [-0.39, 0.29) is 12.5 Å². The molecule has 1 aliphatic heterocycles. The molecule has 0 spiro atoms. The van der Waals surface area contributed by atoms with E-state index in [1.54, 1.807) is 18.2 Å². The fourth-order valence-corrected chi connectivity index (χ4v) is 6.13. The summed E-state index contributed by atoms with van der Waals surface area (Å²) in [5, 5.41) is 3.57. The first-order valence-corrected chi connectivity index (χ1v) is 11.6. The molecule has 1 N–H and O–H groups in total. The van der Waals surface area contributed by atoms with Crippen LogP contribution in [0.4, 0.5) is 5.69 Å². The van der Waals surface area contributed by atoms with Crippen molar-refractivity contribution in [1.29, 1.82) is 0 Å². The number of benzene rings is 2. The Morgan fingerprint density at radius 1 is 1.07 bits per heavy atom. The van der Waals surface area contributed by atoms with Crippen molar-refractivity contribution in [3.05, 3.63) is 57.1 Å². The molecule has 0 aliphatic carbocycles. The van der Waals surface area contributed by atoms with Crippen molar-refractivity contribution in [3.8, 4) is 0 Å². The first-order valence-electron chi connectivity index (χ1n) is 9.43. The summed E-state index contributed by atoms with van der Waals surface area (Å²) in [6, 6.07) is 8.61. The zero-order chi connectivity index (χ0) is 21.3. The van der Waals surface area contributed by atoms with Crippen molar-refractivity contribution in [2.45, 2.75) is 38.5 Å². The summed E-state index contributed by atoms with van der Waals surface area (Å²) in [7, 11) is -3.68. The molecule has 2 aromatic carbocycles. The van der Waals surface area contributed by atoms with E-state index < -0.39 is 15.9 Å². The van der Waals surface area contributed by atoms with Crippen LogP contribution in [0.3, 0.4) is 0 Å². The number of sulfonamides is 1. The lowest BCUT2D eigenvalue weighted by atomic mass is 9.99. The van der Waals surface area contributed by atoms with Gasteiger partial charge in [-0.1, -0.05) is 40.9 Å². The van der Waals surface area contributed by atoms with Gasteiger partial charge in [-0.25, -0.2) is 8.42 Å². The standard InChI is InChI=1S/C21H24Cl2N2O3S/c1-13-9-14(2)20(15(3)10-13)29(27,28)25-8-4-5-16(12-25)21(26)24-17-6-7-18(22)19(23)11-17/h6-7,9-11,16H,4-5,8,12H2,1-3H3,(H,24,26). The summed E-state index contributed by atoms with van der Waals surface area (Å²) < 4.78 is 28.1. The van der Waals surface area contributed by atoms with Gasteiger partial charge < -0.3 is 5.32 Å². The molecule has 0 bridgehead atoms. The number of nitrogens with zero attached hydrogens (tertiary/aromatic N) is 1. The summed E-state index contributed by atoms with van der Waals surface area (Å²) in [5.41, 5.74) is 3.01. The van der Waals surface area contributed by atoms with Gasteiger partial charge in [-0.15, -0.1) is 0 Å². The van der Waals surface area contributed by atoms with Crippen LogP contribution in [0, 0.1) is 26.7 Å². The number of carbonyl (C=O) groups excluding carboxylic acids is 1. The molecule has 0 aromatic heterocycles. The molecule has 1 unspecified atom stereocenters. The summed E-state index contributed by atoms with van der Waals surface area (Å²) in [4.78, 5) is 13.1. The number of amides is 1. The fourth-order valence-electron chi connectivity index (χ4n) is 3.90.